The summed E-state index contributed by atoms with van der Waals surface area (Å²) in [6.45, 7) is 3.41. The smallest absolute Gasteiger partial charge is 0.226 e. The highest BCUT2D eigenvalue weighted by molar-refractivity contribution is 5.81. The van der Waals surface area contributed by atoms with Crippen LogP contribution in [0.15, 0.2) is 24.3 Å². The first-order valence-corrected chi connectivity index (χ1v) is 6.20. The molecule has 1 saturated heterocycles. The van der Waals surface area contributed by atoms with Crippen LogP contribution in [0.1, 0.15) is 18.1 Å². The summed E-state index contributed by atoms with van der Waals surface area (Å²) in [5.41, 5.74) is 8.44. The van der Waals surface area contributed by atoms with Crippen molar-refractivity contribution in [2.45, 2.75) is 25.3 Å². The molecule has 17 heavy (non-hydrogen) atoms. The van der Waals surface area contributed by atoms with E-state index in [4.69, 9.17) is 5.73 Å². The standard InChI is InChI=1S/C14H18N2O/c1-14(15)8-16(9-14)13(17)12-6-10-4-2-3-5-11(10)7-12/h2-5,12H,6-9,15H2,1H3. The number of rotatable bonds is 1. The van der Waals surface area contributed by atoms with E-state index in [0.717, 1.165) is 12.8 Å². The summed E-state index contributed by atoms with van der Waals surface area (Å²) in [5, 5.41) is 0. The van der Waals surface area contributed by atoms with E-state index >= 15 is 0 Å². The van der Waals surface area contributed by atoms with Crippen molar-refractivity contribution < 1.29 is 4.79 Å². The molecular weight excluding hydrogens is 212 g/mol. The maximum absolute atomic E-state index is 12.3. The highest BCUT2D eigenvalue weighted by Gasteiger charge is 2.41. The van der Waals surface area contributed by atoms with Gasteiger partial charge < -0.3 is 10.6 Å². The summed E-state index contributed by atoms with van der Waals surface area (Å²) >= 11 is 0. The molecule has 1 aromatic rings. The van der Waals surface area contributed by atoms with Gasteiger partial charge in [-0.25, -0.2) is 0 Å². The largest absolute Gasteiger partial charge is 0.339 e. The first-order valence-electron chi connectivity index (χ1n) is 6.20. The highest BCUT2D eigenvalue weighted by Crippen LogP contribution is 2.30. The van der Waals surface area contributed by atoms with Gasteiger partial charge >= 0.3 is 0 Å². The van der Waals surface area contributed by atoms with Crippen LogP contribution in [0, 0.1) is 5.92 Å². The van der Waals surface area contributed by atoms with Gasteiger partial charge in [0.05, 0.1) is 0 Å². The maximum atomic E-state index is 12.3. The summed E-state index contributed by atoms with van der Waals surface area (Å²) in [7, 11) is 0. The summed E-state index contributed by atoms with van der Waals surface area (Å²) < 4.78 is 0. The van der Waals surface area contributed by atoms with Gasteiger partial charge in [-0.2, -0.15) is 0 Å². The fourth-order valence-corrected chi connectivity index (χ4v) is 2.97. The Morgan fingerprint density at radius 3 is 2.29 bits per heavy atom. The van der Waals surface area contributed by atoms with Gasteiger partial charge in [0.15, 0.2) is 0 Å². The zero-order valence-corrected chi connectivity index (χ0v) is 10.1. The first kappa shape index (κ1) is 10.8. The lowest BCUT2D eigenvalue weighted by Crippen LogP contribution is -2.67. The lowest BCUT2D eigenvalue weighted by molar-refractivity contribution is -0.142. The van der Waals surface area contributed by atoms with Crippen molar-refractivity contribution in [3.05, 3.63) is 35.4 Å². The van der Waals surface area contributed by atoms with Crippen LogP contribution in [0.5, 0.6) is 0 Å². The van der Waals surface area contributed by atoms with Crippen LogP contribution in [0.3, 0.4) is 0 Å². The van der Waals surface area contributed by atoms with Gasteiger partial charge in [-0.15, -0.1) is 0 Å². The minimum absolute atomic E-state index is 0.142. The molecule has 0 aromatic heterocycles. The Bertz CT molecular complexity index is 434. The van der Waals surface area contributed by atoms with E-state index in [1.807, 2.05) is 24.0 Å². The van der Waals surface area contributed by atoms with E-state index in [1.54, 1.807) is 0 Å². The second-order valence-corrected chi connectivity index (χ2v) is 5.72. The van der Waals surface area contributed by atoms with E-state index in [9.17, 15) is 4.79 Å². The Balaban J connectivity index is 1.67. The molecule has 1 amide bonds. The van der Waals surface area contributed by atoms with Gasteiger partial charge in [0, 0.05) is 24.5 Å². The number of nitrogens with zero attached hydrogens (tertiary/aromatic N) is 1. The van der Waals surface area contributed by atoms with Crippen molar-refractivity contribution in [1.29, 1.82) is 0 Å². The third kappa shape index (κ3) is 1.84. The zero-order valence-electron chi connectivity index (χ0n) is 10.1. The monoisotopic (exact) mass is 230 g/mol. The van der Waals surface area contributed by atoms with Gasteiger partial charge in [0.25, 0.3) is 0 Å². The van der Waals surface area contributed by atoms with Crippen molar-refractivity contribution in [3.63, 3.8) is 0 Å². The quantitative estimate of drug-likeness (QED) is 0.781. The number of likely N-dealkylation sites (tertiary alicyclic amines) is 1. The van der Waals surface area contributed by atoms with Crippen LogP contribution in [-0.4, -0.2) is 29.4 Å². The molecule has 90 valence electrons. The van der Waals surface area contributed by atoms with Gasteiger partial charge in [-0.1, -0.05) is 24.3 Å². The first-order chi connectivity index (χ1) is 8.05. The molecule has 1 aromatic carbocycles. The van der Waals surface area contributed by atoms with Crippen LogP contribution >= 0.6 is 0 Å². The lowest BCUT2D eigenvalue weighted by Gasteiger charge is -2.46. The minimum atomic E-state index is -0.166. The molecule has 3 heteroatoms. The van der Waals surface area contributed by atoms with Crippen molar-refractivity contribution in [2.75, 3.05) is 13.1 Å². The normalized spacial score (nSPS) is 22.1. The lowest BCUT2D eigenvalue weighted by atomic mass is 9.91. The molecule has 0 atom stereocenters. The van der Waals surface area contributed by atoms with Gasteiger partial charge in [-0.05, 0) is 30.9 Å². The third-order valence-corrected chi connectivity index (χ3v) is 3.82. The highest BCUT2D eigenvalue weighted by atomic mass is 16.2. The summed E-state index contributed by atoms with van der Waals surface area (Å²) in [6.07, 6.45) is 1.79. The predicted octanol–water partition coefficient (Wildman–Crippen LogP) is 0.961. The average molecular weight is 230 g/mol. The molecule has 2 aliphatic rings. The van der Waals surface area contributed by atoms with Crippen LogP contribution < -0.4 is 5.73 Å². The molecule has 3 nitrogen and oxygen atoms in total. The Hall–Kier alpha value is -1.35. The molecular formula is C14H18N2O. The maximum Gasteiger partial charge on any atom is 0.226 e. The van der Waals surface area contributed by atoms with Crippen molar-refractivity contribution in [3.8, 4) is 0 Å². The second kappa shape index (κ2) is 3.57. The molecule has 0 bridgehead atoms. The Labute approximate surface area is 102 Å². The fourth-order valence-electron chi connectivity index (χ4n) is 2.97. The number of nitrogens with two attached hydrogens (primary N) is 1. The summed E-state index contributed by atoms with van der Waals surface area (Å²) in [6, 6.07) is 8.36. The average Bonchev–Trinajstić information content (AvgIpc) is 2.68. The Morgan fingerprint density at radius 2 is 1.82 bits per heavy atom. The molecule has 0 spiro atoms. The SMILES string of the molecule is CC1(N)CN(C(=O)C2Cc3ccccc3C2)C1. The third-order valence-electron chi connectivity index (χ3n) is 3.82. The van der Waals surface area contributed by atoms with Gasteiger partial charge in [-0.3, -0.25) is 4.79 Å². The molecule has 1 heterocycles. The van der Waals surface area contributed by atoms with Gasteiger partial charge in [0.2, 0.25) is 5.91 Å². The predicted molar refractivity (Wildman–Crippen MR) is 66.5 cm³/mol. The molecule has 0 unspecified atom stereocenters. The molecule has 3 rings (SSSR count). The van der Waals surface area contributed by atoms with E-state index in [1.165, 1.54) is 11.1 Å². The number of carbonyl (C=O) groups is 1. The van der Waals surface area contributed by atoms with Crippen LogP contribution in [0.4, 0.5) is 0 Å². The fraction of sp³-hybridized carbons (Fsp3) is 0.500. The number of benzene rings is 1. The summed E-state index contributed by atoms with van der Waals surface area (Å²) in [4.78, 5) is 14.2. The number of hydrogen-bond donors (Lipinski definition) is 1. The molecule has 2 N–H and O–H groups in total. The molecule has 0 saturated carbocycles. The van der Waals surface area contributed by atoms with E-state index in [2.05, 4.69) is 12.1 Å². The van der Waals surface area contributed by atoms with Crippen LogP contribution in [0.25, 0.3) is 0 Å². The van der Waals surface area contributed by atoms with Crippen molar-refractivity contribution in [2.24, 2.45) is 11.7 Å². The van der Waals surface area contributed by atoms with Gasteiger partial charge in [0.1, 0.15) is 0 Å². The Morgan fingerprint density at radius 1 is 1.29 bits per heavy atom. The van der Waals surface area contributed by atoms with E-state index in [0.29, 0.717) is 13.1 Å². The number of amides is 1. The van der Waals surface area contributed by atoms with Crippen LogP contribution in [0.2, 0.25) is 0 Å². The summed E-state index contributed by atoms with van der Waals surface area (Å²) in [5.74, 6) is 0.424. The van der Waals surface area contributed by atoms with Crippen molar-refractivity contribution in [1.82, 2.24) is 4.90 Å². The van der Waals surface area contributed by atoms with E-state index in [-0.39, 0.29) is 17.4 Å². The van der Waals surface area contributed by atoms with Crippen molar-refractivity contribution >= 4 is 5.91 Å². The number of carbonyl (C=O) groups excluding carboxylic acids is 1. The number of fused-ring (bicyclic) bond motifs is 1. The molecule has 1 aliphatic carbocycles. The Kier molecular flexibility index (Phi) is 2.26. The van der Waals surface area contributed by atoms with E-state index < -0.39 is 0 Å². The molecule has 1 aliphatic heterocycles. The topological polar surface area (TPSA) is 46.3 Å². The zero-order chi connectivity index (χ0) is 12.0. The second-order valence-electron chi connectivity index (χ2n) is 5.72. The number of hydrogen-bond acceptors (Lipinski definition) is 2. The van der Waals surface area contributed by atoms with Crippen LogP contribution in [-0.2, 0) is 17.6 Å². The molecule has 0 radical (unpaired) electrons. The molecule has 1 fully saturated rings. The minimum Gasteiger partial charge on any atom is -0.339 e.